The van der Waals surface area contributed by atoms with Crippen molar-refractivity contribution in [1.82, 2.24) is 5.32 Å². The minimum Gasteiger partial charge on any atom is -0.495 e. The molecule has 2 N–H and O–H groups in total. The van der Waals surface area contributed by atoms with E-state index in [1.54, 1.807) is 6.07 Å². The van der Waals surface area contributed by atoms with Crippen LogP contribution >= 0.6 is 11.3 Å². The van der Waals surface area contributed by atoms with Gasteiger partial charge in [-0.15, -0.1) is 11.3 Å². The number of thiophene rings is 1. The van der Waals surface area contributed by atoms with Crippen molar-refractivity contribution in [1.29, 1.82) is 0 Å². The predicted molar refractivity (Wildman–Crippen MR) is 82.6 cm³/mol. The van der Waals surface area contributed by atoms with Crippen molar-refractivity contribution < 1.29 is 24.2 Å². The third kappa shape index (κ3) is 3.98. The van der Waals surface area contributed by atoms with Gasteiger partial charge in [0, 0.05) is 24.6 Å². The smallest absolute Gasteiger partial charge is 0.308 e. The Morgan fingerprint density at radius 3 is 2.77 bits per heavy atom. The van der Waals surface area contributed by atoms with Crippen LogP contribution in [-0.2, 0) is 9.53 Å². The van der Waals surface area contributed by atoms with Crippen LogP contribution in [0.4, 0.5) is 0 Å². The normalized spacial score (nSPS) is 17.0. The summed E-state index contributed by atoms with van der Waals surface area (Å²) in [6, 6.07) is 1.80. The van der Waals surface area contributed by atoms with E-state index in [0.29, 0.717) is 36.7 Å². The Kier molecular flexibility index (Phi) is 5.79. The maximum atomic E-state index is 12.2. The number of amides is 1. The van der Waals surface area contributed by atoms with E-state index >= 15 is 0 Å². The number of hydrogen-bond donors (Lipinski definition) is 2. The van der Waals surface area contributed by atoms with Crippen molar-refractivity contribution in [3.05, 3.63) is 15.8 Å². The number of aliphatic carboxylic acids is 1. The Bertz CT molecular complexity index is 536. The average molecular weight is 327 g/mol. The Labute approximate surface area is 133 Å². The molecule has 7 heteroatoms. The van der Waals surface area contributed by atoms with Gasteiger partial charge in [-0.05, 0) is 31.7 Å². The first-order valence-electron chi connectivity index (χ1n) is 7.26. The highest BCUT2D eigenvalue weighted by molar-refractivity contribution is 7.14. The Hall–Kier alpha value is -1.60. The summed E-state index contributed by atoms with van der Waals surface area (Å²) < 4.78 is 10.4. The van der Waals surface area contributed by atoms with Gasteiger partial charge >= 0.3 is 5.97 Å². The summed E-state index contributed by atoms with van der Waals surface area (Å²) in [7, 11) is 1.51. The Balaban J connectivity index is 1.99. The lowest BCUT2D eigenvalue weighted by molar-refractivity contribution is -0.144. The van der Waals surface area contributed by atoms with Crippen LogP contribution in [0.25, 0.3) is 0 Å². The molecule has 1 unspecified atom stereocenters. The maximum absolute atomic E-state index is 12.2. The van der Waals surface area contributed by atoms with E-state index in [-0.39, 0.29) is 18.4 Å². The van der Waals surface area contributed by atoms with E-state index in [0.717, 1.165) is 4.88 Å². The molecule has 6 nitrogen and oxygen atoms in total. The van der Waals surface area contributed by atoms with Gasteiger partial charge in [-0.25, -0.2) is 0 Å². The van der Waals surface area contributed by atoms with Crippen LogP contribution in [0.2, 0.25) is 0 Å². The van der Waals surface area contributed by atoms with E-state index in [1.165, 1.54) is 18.4 Å². The minimum atomic E-state index is -0.874. The van der Waals surface area contributed by atoms with Gasteiger partial charge in [-0.2, -0.15) is 0 Å². The van der Waals surface area contributed by atoms with Crippen LogP contribution in [0.15, 0.2) is 6.07 Å². The van der Waals surface area contributed by atoms with E-state index in [4.69, 9.17) is 9.47 Å². The van der Waals surface area contributed by atoms with E-state index in [1.807, 2.05) is 6.92 Å². The van der Waals surface area contributed by atoms with Gasteiger partial charge in [-0.3, -0.25) is 9.59 Å². The van der Waals surface area contributed by atoms with Gasteiger partial charge in [-0.1, -0.05) is 0 Å². The van der Waals surface area contributed by atoms with Gasteiger partial charge in [0.05, 0.1) is 13.0 Å². The number of carbonyl (C=O) groups is 2. The standard InChI is InChI=1S/C15H21NO5S/c1-9-7-12(20-2)13(22-9)14(17)16-8-11(15(18)19)10-3-5-21-6-4-10/h7,10-11H,3-6,8H2,1-2H3,(H,16,17)(H,18,19). The molecule has 0 aromatic carbocycles. The van der Waals surface area contributed by atoms with Gasteiger partial charge in [0.1, 0.15) is 10.6 Å². The zero-order valence-electron chi connectivity index (χ0n) is 12.8. The largest absolute Gasteiger partial charge is 0.495 e. The molecule has 2 heterocycles. The topological polar surface area (TPSA) is 84.9 Å². The number of carboxylic acids is 1. The second kappa shape index (κ2) is 7.60. The van der Waals surface area contributed by atoms with Crippen LogP contribution in [0.1, 0.15) is 27.4 Å². The van der Waals surface area contributed by atoms with Crippen LogP contribution in [0.5, 0.6) is 5.75 Å². The fourth-order valence-electron chi connectivity index (χ4n) is 2.66. The molecule has 0 spiro atoms. The van der Waals surface area contributed by atoms with Crippen molar-refractivity contribution in [2.75, 3.05) is 26.9 Å². The Morgan fingerprint density at radius 2 is 2.18 bits per heavy atom. The van der Waals surface area contributed by atoms with Crippen molar-refractivity contribution in [2.45, 2.75) is 19.8 Å². The molecule has 1 saturated heterocycles. The molecule has 1 fully saturated rings. The molecule has 1 amide bonds. The molecule has 0 radical (unpaired) electrons. The first-order chi connectivity index (χ1) is 10.5. The monoisotopic (exact) mass is 327 g/mol. The third-order valence-electron chi connectivity index (χ3n) is 3.88. The van der Waals surface area contributed by atoms with Crippen molar-refractivity contribution in [3.8, 4) is 5.75 Å². The molecule has 1 atom stereocenters. The number of carbonyl (C=O) groups excluding carboxylic acids is 1. The number of ether oxygens (including phenoxy) is 2. The third-order valence-corrected chi connectivity index (χ3v) is 4.91. The number of methoxy groups -OCH3 is 1. The molecule has 122 valence electrons. The number of aryl methyl sites for hydroxylation is 1. The van der Waals surface area contributed by atoms with Crippen molar-refractivity contribution in [3.63, 3.8) is 0 Å². The molecule has 0 saturated carbocycles. The number of rotatable bonds is 6. The first-order valence-corrected chi connectivity index (χ1v) is 8.07. The molecule has 1 aromatic rings. The van der Waals surface area contributed by atoms with E-state index in [2.05, 4.69) is 5.32 Å². The number of nitrogens with one attached hydrogen (secondary N) is 1. The average Bonchev–Trinajstić information content (AvgIpc) is 2.89. The molecule has 22 heavy (non-hydrogen) atoms. The summed E-state index contributed by atoms with van der Waals surface area (Å²) in [4.78, 5) is 25.2. The lowest BCUT2D eigenvalue weighted by atomic mass is 9.86. The lowest BCUT2D eigenvalue weighted by Crippen LogP contribution is -2.38. The molecular weight excluding hydrogens is 306 g/mol. The second-order valence-electron chi connectivity index (χ2n) is 5.36. The van der Waals surface area contributed by atoms with Crippen LogP contribution in [0, 0.1) is 18.8 Å². The molecule has 1 aliphatic rings. The number of hydrogen-bond acceptors (Lipinski definition) is 5. The molecule has 1 aromatic heterocycles. The van der Waals surface area contributed by atoms with Crippen LogP contribution in [0.3, 0.4) is 0 Å². The SMILES string of the molecule is COc1cc(C)sc1C(=O)NCC(C(=O)O)C1CCOCC1. The van der Waals surface area contributed by atoms with E-state index < -0.39 is 11.9 Å². The molecular formula is C15H21NO5S. The van der Waals surface area contributed by atoms with E-state index in [9.17, 15) is 14.7 Å². The minimum absolute atomic E-state index is 0.0403. The summed E-state index contributed by atoms with van der Waals surface area (Å²) in [5.41, 5.74) is 0. The highest BCUT2D eigenvalue weighted by Gasteiger charge is 2.30. The first kappa shape index (κ1) is 16.8. The van der Waals surface area contributed by atoms with Crippen molar-refractivity contribution in [2.24, 2.45) is 11.8 Å². The maximum Gasteiger partial charge on any atom is 0.308 e. The summed E-state index contributed by atoms with van der Waals surface area (Å²) >= 11 is 1.34. The molecule has 2 rings (SSSR count). The van der Waals surface area contributed by atoms with Gasteiger partial charge < -0.3 is 19.9 Å². The quantitative estimate of drug-likeness (QED) is 0.834. The lowest BCUT2D eigenvalue weighted by Gasteiger charge is -2.27. The highest BCUT2D eigenvalue weighted by atomic mass is 32.1. The van der Waals surface area contributed by atoms with Gasteiger partial charge in [0.25, 0.3) is 5.91 Å². The van der Waals surface area contributed by atoms with Gasteiger partial charge in [0.2, 0.25) is 0 Å². The van der Waals surface area contributed by atoms with Crippen LogP contribution in [-0.4, -0.2) is 43.9 Å². The molecule has 0 bridgehead atoms. The molecule has 1 aliphatic heterocycles. The number of carboxylic acid groups (broad SMARTS) is 1. The molecule has 0 aliphatic carbocycles. The Morgan fingerprint density at radius 1 is 1.50 bits per heavy atom. The van der Waals surface area contributed by atoms with Crippen molar-refractivity contribution >= 4 is 23.2 Å². The summed E-state index contributed by atoms with van der Waals surface area (Å²) in [5, 5.41) is 12.1. The van der Waals surface area contributed by atoms with Crippen LogP contribution < -0.4 is 10.1 Å². The zero-order chi connectivity index (χ0) is 16.1. The summed E-state index contributed by atoms with van der Waals surface area (Å²) in [6.07, 6.45) is 1.43. The predicted octanol–water partition coefficient (Wildman–Crippen LogP) is 1.92. The summed E-state index contributed by atoms with van der Waals surface area (Å²) in [5.74, 6) is -1.17. The second-order valence-corrected chi connectivity index (χ2v) is 6.62. The van der Waals surface area contributed by atoms with Gasteiger partial charge in [0.15, 0.2) is 0 Å². The zero-order valence-corrected chi connectivity index (χ0v) is 13.6. The highest BCUT2D eigenvalue weighted by Crippen LogP contribution is 2.29. The summed E-state index contributed by atoms with van der Waals surface area (Å²) in [6.45, 7) is 3.19. The fraction of sp³-hybridized carbons (Fsp3) is 0.600. The fourth-order valence-corrected chi connectivity index (χ4v) is 3.55.